The summed E-state index contributed by atoms with van der Waals surface area (Å²) in [6, 6.07) is 4.03. The summed E-state index contributed by atoms with van der Waals surface area (Å²) in [6.07, 6.45) is 0. The van der Waals surface area contributed by atoms with E-state index in [1.54, 1.807) is 11.3 Å². The van der Waals surface area contributed by atoms with Crippen LogP contribution >= 0.6 is 11.3 Å². The number of carbonyl (C=O) groups excluding carboxylic acids is 1. The molecule has 0 aliphatic rings. The highest BCUT2D eigenvalue weighted by Gasteiger charge is 2.33. The van der Waals surface area contributed by atoms with Gasteiger partial charge in [-0.15, -0.1) is 11.3 Å². The van der Waals surface area contributed by atoms with Crippen LogP contribution in [-0.4, -0.2) is 41.8 Å². The smallest absolute Gasteiger partial charge is 0.338 e. The Morgan fingerprint density at radius 3 is 2.82 bits per heavy atom. The second kappa shape index (κ2) is 6.14. The minimum atomic E-state index is -1.46. The van der Waals surface area contributed by atoms with Gasteiger partial charge in [0, 0.05) is 18.0 Å². The number of thiophene rings is 1. The van der Waals surface area contributed by atoms with E-state index >= 15 is 0 Å². The lowest BCUT2D eigenvalue weighted by Crippen LogP contribution is -2.47. The zero-order valence-corrected chi connectivity index (χ0v) is 11.3. The molecule has 0 saturated carbocycles. The van der Waals surface area contributed by atoms with Crippen LogP contribution in [0.25, 0.3) is 0 Å². The Morgan fingerprint density at radius 1 is 1.65 bits per heavy atom. The number of rotatable bonds is 6. The third kappa shape index (κ3) is 4.11. The first-order valence-corrected chi connectivity index (χ1v) is 6.43. The van der Waals surface area contributed by atoms with Crippen molar-refractivity contribution in [2.45, 2.75) is 26.0 Å². The maximum atomic E-state index is 11.4. The van der Waals surface area contributed by atoms with Crippen LogP contribution < -0.4 is 0 Å². The topological polar surface area (TPSA) is 49.8 Å². The summed E-state index contributed by atoms with van der Waals surface area (Å²) in [5, 5.41) is 12.0. The van der Waals surface area contributed by atoms with E-state index in [0.717, 1.165) is 13.1 Å². The second-order valence-electron chi connectivity index (χ2n) is 4.15. The lowest BCUT2D eigenvalue weighted by molar-refractivity contribution is -0.162. The molecular weight excluding hydrogens is 238 g/mol. The normalized spacial score (nSPS) is 14.6. The highest BCUT2D eigenvalue weighted by molar-refractivity contribution is 7.09. The van der Waals surface area contributed by atoms with E-state index in [-0.39, 0.29) is 6.54 Å². The standard InChI is InChI=1S/C12H19NO3S/c1-4-13(8-10-6-5-7-17-10)9-12(2,15)11(14)16-3/h5-7,15H,4,8-9H2,1-3H3. The molecule has 0 spiro atoms. The monoisotopic (exact) mass is 257 g/mol. The highest BCUT2D eigenvalue weighted by atomic mass is 32.1. The van der Waals surface area contributed by atoms with Gasteiger partial charge in [0.05, 0.1) is 7.11 Å². The molecule has 0 bridgehead atoms. The predicted molar refractivity (Wildman–Crippen MR) is 67.9 cm³/mol. The van der Waals surface area contributed by atoms with Crippen molar-refractivity contribution in [3.05, 3.63) is 22.4 Å². The Hall–Kier alpha value is -0.910. The summed E-state index contributed by atoms with van der Waals surface area (Å²) in [6.45, 7) is 5.26. The number of esters is 1. The number of nitrogens with zero attached hydrogens (tertiary/aromatic N) is 1. The molecule has 1 heterocycles. The summed E-state index contributed by atoms with van der Waals surface area (Å²) in [5.74, 6) is -0.595. The molecule has 0 aliphatic heterocycles. The van der Waals surface area contributed by atoms with Gasteiger partial charge < -0.3 is 9.84 Å². The first kappa shape index (κ1) is 14.2. The molecule has 1 aromatic heterocycles. The molecule has 1 unspecified atom stereocenters. The molecule has 4 nitrogen and oxygen atoms in total. The molecule has 0 saturated heterocycles. The first-order chi connectivity index (χ1) is 7.99. The Bertz CT molecular complexity index is 349. The summed E-state index contributed by atoms with van der Waals surface area (Å²) < 4.78 is 4.58. The van der Waals surface area contributed by atoms with Crippen LogP contribution in [0.15, 0.2) is 17.5 Å². The van der Waals surface area contributed by atoms with Gasteiger partial charge in [-0.3, -0.25) is 4.90 Å². The van der Waals surface area contributed by atoms with Crippen LogP contribution in [0.5, 0.6) is 0 Å². The van der Waals surface area contributed by atoms with E-state index < -0.39 is 11.6 Å². The quantitative estimate of drug-likeness (QED) is 0.785. The van der Waals surface area contributed by atoms with Gasteiger partial charge in [-0.2, -0.15) is 0 Å². The molecule has 1 aromatic rings. The van der Waals surface area contributed by atoms with Gasteiger partial charge in [0.1, 0.15) is 0 Å². The van der Waals surface area contributed by atoms with Crippen molar-refractivity contribution in [2.75, 3.05) is 20.2 Å². The fourth-order valence-corrected chi connectivity index (χ4v) is 2.37. The van der Waals surface area contributed by atoms with Gasteiger partial charge >= 0.3 is 5.97 Å². The lowest BCUT2D eigenvalue weighted by atomic mass is 10.1. The summed E-state index contributed by atoms with van der Waals surface area (Å²) in [4.78, 5) is 14.6. The zero-order valence-electron chi connectivity index (χ0n) is 10.5. The van der Waals surface area contributed by atoms with Gasteiger partial charge in [0.15, 0.2) is 5.60 Å². The van der Waals surface area contributed by atoms with Crippen molar-refractivity contribution in [3.8, 4) is 0 Å². The van der Waals surface area contributed by atoms with Gasteiger partial charge in [-0.1, -0.05) is 13.0 Å². The average molecular weight is 257 g/mol. The van der Waals surface area contributed by atoms with Crippen molar-refractivity contribution in [2.24, 2.45) is 0 Å². The molecular formula is C12H19NO3S. The number of ether oxygens (including phenoxy) is 1. The molecule has 0 aliphatic carbocycles. The fraction of sp³-hybridized carbons (Fsp3) is 0.583. The average Bonchev–Trinajstić information content (AvgIpc) is 2.79. The van der Waals surface area contributed by atoms with E-state index in [4.69, 9.17) is 0 Å². The summed E-state index contributed by atoms with van der Waals surface area (Å²) >= 11 is 1.67. The molecule has 0 fully saturated rings. The van der Waals surface area contributed by atoms with E-state index in [2.05, 4.69) is 4.74 Å². The molecule has 96 valence electrons. The van der Waals surface area contributed by atoms with Crippen LogP contribution in [0.1, 0.15) is 18.7 Å². The van der Waals surface area contributed by atoms with Crippen LogP contribution in [-0.2, 0) is 16.1 Å². The van der Waals surface area contributed by atoms with Crippen molar-refractivity contribution in [1.82, 2.24) is 4.90 Å². The number of hydrogen-bond donors (Lipinski definition) is 1. The minimum Gasteiger partial charge on any atom is -0.467 e. The third-order valence-electron chi connectivity index (χ3n) is 2.56. The number of carbonyl (C=O) groups is 1. The van der Waals surface area contributed by atoms with Crippen LogP contribution in [0.4, 0.5) is 0 Å². The Labute approximate surface area is 106 Å². The van der Waals surface area contributed by atoms with Crippen molar-refractivity contribution >= 4 is 17.3 Å². The van der Waals surface area contributed by atoms with E-state index in [0.29, 0.717) is 0 Å². The van der Waals surface area contributed by atoms with Gasteiger partial charge in [-0.05, 0) is 24.9 Å². The van der Waals surface area contributed by atoms with Crippen molar-refractivity contribution in [1.29, 1.82) is 0 Å². The number of likely N-dealkylation sites (N-methyl/N-ethyl adjacent to an activating group) is 1. The zero-order chi connectivity index (χ0) is 12.9. The van der Waals surface area contributed by atoms with Crippen LogP contribution in [0.3, 0.4) is 0 Å². The van der Waals surface area contributed by atoms with Crippen LogP contribution in [0, 0.1) is 0 Å². The van der Waals surface area contributed by atoms with Gasteiger partial charge in [0.25, 0.3) is 0 Å². The second-order valence-corrected chi connectivity index (χ2v) is 5.18. The first-order valence-electron chi connectivity index (χ1n) is 5.55. The van der Waals surface area contributed by atoms with E-state index in [9.17, 15) is 9.90 Å². The number of hydrogen-bond acceptors (Lipinski definition) is 5. The molecule has 17 heavy (non-hydrogen) atoms. The van der Waals surface area contributed by atoms with E-state index in [1.807, 2.05) is 29.3 Å². The predicted octanol–water partition coefficient (Wildman–Crippen LogP) is 1.49. The molecule has 1 atom stereocenters. The van der Waals surface area contributed by atoms with Crippen LogP contribution in [0.2, 0.25) is 0 Å². The minimum absolute atomic E-state index is 0.272. The molecule has 0 amide bonds. The van der Waals surface area contributed by atoms with Crippen molar-refractivity contribution in [3.63, 3.8) is 0 Å². The maximum Gasteiger partial charge on any atom is 0.338 e. The Balaban J connectivity index is 2.60. The summed E-state index contributed by atoms with van der Waals surface area (Å²) in [7, 11) is 1.28. The molecule has 0 aromatic carbocycles. The largest absolute Gasteiger partial charge is 0.467 e. The third-order valence-corrected chi connectivity index (χ3v) is 3.42. The van der Waals surface area contributed by atoms with Crippen molar-refractivity contribution < 1.29 is 14.6 Å². The number of aliphatic hydroxyl groups is 1. The highest BCUT2D eigenvalue weighted by Crippen LogP contribution is 2.15. The Kier molecular flexibility index (Phi) is 5.11. The van der Waals surface area contributed by atoms with Gasteiger partial charge in [0.2, 0.25) is 0 Å². The molecule has 1 N–H and O–H groups in total. The molecule has 5 heteroatoms. The lowest BCUT2D eigenvalue weighted by Gasteiger charge is -2.28. The Morgan fingerprint density at radius 2 is 2.35 bits per heavy atom. The summed E-state index contributed by atoms with van der Waals surface area (Å²) in [5.41, 5.74) is -1.46. The molecule has 1 rings (SSSR count). The van der Waals surface area contributed by atoms with Gasteiger partial charge in [-0.25, -0.2) is 4.79 Å². The van der Waals surface area contributed by atoms with E-state index in [1.165, 1.54) is 18.9 Å². The fourth-order valence-electron chi connectivity index (χ4n) is 1.62. The SMILES string of the molecule is CCN(Cc1cccs1)CC(C)(O)C(=O)OC. The molecule has 0 radical (unpaired) electrons. The number of methoxy groups -OCH3 is 1. The maximum absolute atomic E-state index is 11.4.